The van der Waals surface area contributed by atoms with Crippen LogP contribution in [0, 0.1) is 11.3 Å². The van der Waals surface area contributed by atoms with Gasteiger partial charge < -0.3 is 5.73 Å². The van der Waals surface area contributed by atoms with Crippen molar-refractivity contribution >= 4 is 17.2 Å². The zero-order chi connectivity index (χ0) is 13.3. The standard InChI is InChI=1S/C11H11ClN6/c1-17-5-8(4-16-17)7-2-9(12)11(10(14)3-13)18(15)6-7/h2,4-6H,14-15H2,1H3/b11-10-. The second-order valence-corrected chi connectivity index (χ2v) is 4.17. The predicted molar refractivity (Wildman–Crippen MR) is 68.0 cm³/mol. The Kier molecular flexibility index (Phi) is 3.10. The highest BCUT2D eigenvalue weighted by Crippen LogP contribution is 2.30. The minimum absolute atomic E-state index is 0.0276. The van der Waals surface area contributed by atoms with E-state index < -0.39 is 0 Å². The first-order valence-corrected chi connectivity index (χ1v) is 5.43. The summed E-state index contributed by atoms with van der Waals surface area (Å²) in [4.78, 5) is 0. The fourth-order valence-corrected chi connectivity index (χ4v) is 1.95. The Labute approximate surface area is 109 Å². The molecule has 0 radical (unpaired) electrons. The van der Waals surface area contributed by atoms with Crippen LogP contribution < -0.4 is 11.6 Å². The summed E-state index contributed by atoms with van der Waals surface area (Å²) in [6.07, 6.45) is 6.87. The average Bonchev–Trinajstić information content (AvgIpc) is 2.74. The maximum absolute atomic E-state index is 8.77. The molecule has 7 heteroatoms. The van der Waals surface area contributed by atoms with Crippen molar-refractivity contribution in [3.63, 3.8) is 0 Å². The molecule has 0 fully saturated rings. The molecule has 4 N–H and O–H groups in total. The fraction of sp³-hybridized carbons (Fsp3) is 0.0909. The summed E-state index contributed by atoms with van der Waals surface area (Å²) in [6, 6.07) is 1.82. The minimum Gasteiger partial charge on any atom is -0.388 e. The van der Waals surface area contributed by atoms with Crippen LogP contribution in [0.2, 0.25) is 0 Å². The van der Waals surface area contributed by atoms with Gasteiger partial charge in [0.05, 0.1) is 11.2 Å². The van der Waals surface area contributed by atoms with Crippen molar-refractivity contribution in [2.24, 2.45) is 18.6 Å². The third-order valence-corrected chi connectivity index (χ3v) is 2.75. The van der Waals surface area contributed by atoms with Crippen LogP contribution in [-0.4, -0.2) is 14.8 Å². The van der Waals surface area contributed by atoms with Gasteiger partial charge in [-0.1, -0.05) is 11.6 Å². The normalized spacial score (nSPS) is 18.0. The van der Waals surface area contributed by atoms with E-state index >= 15 is 0 Å². The Hall–Kier alpha value is -2.23. The van der Waals surface area contributed by atoms with E-state index in [1.807, 2.05) is 19.3 Å². The van der Waals surface area contributed by atoms with Gasteiger partial charge in [-0.3, -0.25) is 9.69 Å². The van der Waals surface area contributed by atoms with E-state index in [-0.39, 0.29) is 5.70 Å². The van der Waals surface area contributed by atoms with Crippen molar-refractivity contribution in [3.05, 3.63) is 46.7 Å². The lowest BCUT2D eigenvalue weighted by molar-refractivity contribution is 0.499. The number of rotatable bonds is 1. The third kappa shape index (κ3) is 2.09. The van der Waals surface area contributed by atoms with E-state index in [0.717, 1.165) is 11.1 Å². The number of aryl methyl sites for hydroxylation is 1. The molecule has 1 aromatic heterocycles. The molecule has 2 heterocycles. The van der Waals surface area contributed by atoms with Crippen LogP contribution in [0.4, 0.5) is 0 Å². The molecule has 0 aliphatic carbocycles. The highest BCUT2D eigenvalue weighted by Gasteiger charge is 2.19. The van der Waals surface area contributed by atoms with Crippen molar-refractivity contribution in [3.8, 4) is 6.07 Å². The Morgan fingerprint density at radius 1 is 1.56 bits per heavy atom. The van der Waals surface area contributed by atoms with E-state index in [0.29, 0.717) is 10.7 Å². The van der Waals surface area contributed by atoms with Crippen LogP contribution in [0.5, 0.6) is 0 Å². The lowest BCUT2D eigenvalue weighted by atomic mass is 10.1. The number of aromatic nitrogens is 2. The van der Waals surface area contributed by atoms with Gasteiger partial charge in [-0.2, -0.15) is 10.4 Å². The molecule has 1 aliphatic heterocycles. The van der Waals surface area contributed by atoms with Crippen molar-refractivity contribution in [1.82, 2.24) is 14.8 Å². The maximum atomic E-state index is 8.77. The van der Waals surface area contributed by atoms with E-state index in [1.54, 1.807) is 23.2 Å². The summed E-state index contributed by atoms with van der Waals surface area (Å²) in [5.41, 5.74) is 7.49. The van der Waals surface area contributed by atoms with Gasteiger partial charge in [-0.15, -0.1) is 0 Å². The molecule has 0 spiro atoms. The summed E-state index contributed by atoms with van der Waals surface area (Å²) >= 11 is 6.09. The van der Waals surface area contributed by atoms with Gasteiger partial charge in [0, 0.05) is 30.6 Å². The molecular formula is C11H11ClN6. The lowest BCUT2D eigenvalue weighted by Gasteiger charge is -2.23. The molecule has 0 aromatic carbocycles. The lowest BCUT2D eigenvalue weighted by Crippen LogP contribution is -2.29. The first-order valence-electron chi connectivity index (χ1n) is 5.05. The number of hydrazine groups is 1. The third-order valence-electron chi connectivity index (χ3n) is 2.46. The second kappa shape index (κ2) is 4.56. The molecule has 6 nitrogen and oxygen atoms in total. The van der Waals surface area contributed by atoms with Crippen molar-refractivity contribution in [2.45, 2.75) is 0 Å². The number of nitriles is 1. The largest absolute Gasteiger partial charge is 0.388 e. The highest BCUT2D eigenvalue weighted by atomic mass is 35.5. The zero-order valence-corrected chi connectivity index (χ0v) is 10.4. The molecule has 18 heavy (non-hydrogen) atoms. The van der Waals surface area contributed by atoms with Crippen LogP contribution in [-0.2, 0) is 7.05 Å². The van der Waals surface area contributed by atoms with E-state index in [2.05, 4.69) is 5.10 Å². The molecule has 0 saturated heterocycles. The summed E-state index contributed by atoms with van der Waals surface area (Å²) in [7, 11) is 1.82. The summed E-state index contributed by atoms with van der Waals surface area (Å²) in [5, 5.41) is 14.4. The van der Waals surface area contributed by atoms with Gasteiger partial charge in [0.2, 0.25) is 0 Å². The van der Waals surface area contributed by atoms with Gasteiger partial charge in [0.1, 0.15) is 17.5 Å². The molecule has 1 aliphatic rings. The topological polar surface area (TPSA) is 96.9 Å². The first-order chi connectivity index (χ1) is 8.52. The van der Waals surface area contributed by atoms with Crippen LogP contribution in [0.25, 0.3) is 5.57 Å². The van der Waals surface area contributed by atoms with Crippen LogP contribution in [0.15, 0.2) is 41.1 Å². The quantitative estimate of drug-likeness (QED) is 0.575. The van der Waals surface area contributed by atoms with E-state index in [1.165, 1.54) is 5.01 Å². The zero-order valence-electron chi connectivity index (χ0n) is 9.63. The van der Waals surface area contributed by atoms with Crippen LogP contribution in [0.3, 0.4) is 0 Å². The molecule has 0 bridgehead atoms. The summed E-state index contributed by atoms with van der Waals surface area (Å²) in [5.74, 6) is 5.80. The highest BCUT2D eigenvalue weighted by molar-refractivity contribution is 6.33. The Balaban J connectivity index is 2.44. The van der Waals surface area contributed by atoms with Crippen molar-refractivity contribution in [2.75, 3.05) is 0 Å². The second-order valence-electron chi connectivity index (χ2n) is 3.76. The molecule has 0 unspecified atom stereocenters. The Morgan fingerprint density at radius 3 is 2.78 bits per heavy atom. The Morgan fingerprint density at radius 2 is 2.28 bits per heavy atom. The molecule has 1 aromatic rings. The Bertz CT molecular complexity index is 616. The molecule has 0 saturated carbocycles. The number of nitrogens with zero attached hydrogens (tertiary/aromatic N) is 4. The van der Waals surface area contributed by atoms with Gasteiger partial charge in [0.15, 0.2) is 0 Å². The minimum atomic E-state index is -0.0276. The maximum Gasteiger partial charge on any atom is 0.138 e. The summed E-state index contributed by atoms with van der Waals surface area (Å²) in [6.45, 7) is 0. The first kappa shape index (κ1) is 12.2. The molecule has 0 amide bonds. The number of allylic oxidation sites excluding steroid dienone is 4. The molecular weight excluding hydrogens is 252 g/mol. The van der Waals surface area contributed by atoms with Crippen LogP contribution >= 0.6 is 11.6 Å². The van der Waals surface area contributed by atoms with Gasteiger partial charge in [0.25, 0.3) is 0 Å². The fourth-order valence-electron chi connectivity index (χ4n) is 1.63. The molecule has 0 atom stereocenters. The van der Waals surface area contributed by atoms with Crippen LogP contribution in [0.1, 0.15) is 5.56 Å². The van der Waals surface area contributed by atoms with Gasteiger partial charge in [-0.05, 0) is 6.08 Å². The van der Waals surface area contributed by atoms with Gasteiger partial charge >= 0.3 is 0 Å². The summed E-state index contributed by atoms with van der Waals surface area (Å²) < 4.78 is 1.67. The van der Waals surface area contributed by atoms with Crippen molar-refractivity contribution < 1.29 is 0 Å². The van der Waals surface area contributed by atoms with Gasteiger partial charge in [-0.25, -0.2) is 5.84 Å². The average molecular weight is 263 g/mol. The number of halogens is 1. The SMILES string of the molecule is Cn1cc(C2=CN(N)/C(=C(\N)C#N)C(Cl)=C2)cn1. The monoisotopic (exact) mass is 262 g/mol. The molecule has 2 rings (SSSR count). The van der Waals surface area contributed by atoms with E-state index in [4.69, 9.17) is 28.4 Å². The molecule has 92 valence electrons. The number of hydrogen-bond acceptors (Lipinski definition) is 5. The van der Waals surface area contributed by atoms with Crippen molar-refractivity contribution in [1.29, 1.82) is 5.26 Å². The smallest absolute Gasteiger partial charge is 0.138 e. The predicted octanol–water partition coefficient (Wildman–Crippen LogP) is 0.767. The number of nitrogens with two attached hydrogens (primary N) is 2. The van der Waals surface area contributed by atoms with E-state index in [9.17, 15) is 0 Å². The number of hydrogen-bond donors (Lipinski definition) is 2.